The second-order valence-corrected chi connectivity index (χ2v) is 6.90. The standard InChI is InChI=1S/C19H18Cl2N2O2/c1-12(13-6-3-2-4-7-13)22-19(25)14-10-17(24)23(11-14)16-9-5-8-15(20)18(16)21/h2-9,12,14H,10-11H2,1H3,(H,22,25). The Morgan fingerprint density at radius 2 is 1.88 bits per heavy atom. The minimum absolute atomic E-state index is 0.118. The molecule has 2 atom stereocenters. The largest absolute Gasteiger partial charge is 0.349 e. The Balaban J connectivity index is 1.70. The number of amides is 2. The number of carbonyl (C=O) groups excluding carboxylic acids is 2. The molecule has 0 spiro atoms. The average Bonchev–Trinajstić information content (AvgIpc) is 3.00. The van der Waals surface area contributed by atoms with Gasteiger partial charge in [-0.1, -0.05) is 59.6 Å². The number of halogens is 2. The van der Waals surface area contributed by atoms with Gasteiger partial charge in [-0.15, -0.1) is 0 Å². The van der Waals surface area contributed by atoms with Gasteiger partial charge in [0.1, 0.15) is 0 Å². The first kappa shape index (κ1) is 17.8. The van der Waals surface area contributed by atoms with Crippen LogP contribution in [0.1, 0.15) is 24.9 Å². The lowest BCUT2D eigenvalue weighted by Crippen LogP contribution is -2.34. The number of hydrogen-bond donors (Lipinski definition) is 1. The molecule has 1 fully saturated rings. The first-order valence-electron chi connectivity index (χ1n) is 8.07. The van der Waals surface area contributed by atoms with Gasteiger partial charge in [0, 0.05) is 13.0 Å². The van der Waals surface area contributed by atoms with Crippen molar-refractivity contribution in [3.05, 3.63) is 64.1 Å². The van der Waals surface area contributed by atoms with Crippen molar-refractivity contribution in [1.82, 2.24) is 5.32 Å². The van der Waals surface area contributed by atoms with Gasteiger partial charge < -0.3 is 10.2 Å². The molecule has 3 rings (SSSR count). The van der Waals surface area contributed by atoms with Gasteiger partial charge in [0.2, 0.25) is 11.8 Å². The van der Waals surface area contributed by atoms with Crippen molar-refractivity contribution < 1.29 is 9.59 Å². The third kappa shape index (κ3) is 3.80. The molecule has 1 saturated heterocycles. The zero-order valence-electron chi connectivity index (χ0n) is 13.7. The molecule has 1 heterocycles. The van der Waals surface area contributed by atoms with Crippen molar-refractivity contribution in [3.8, 4) is 0 Å². The Morgan fingerprint density at radius 3 is 2.60 bits per heavy atom. The van der Waals surface area contributed by atoms with Crippen LogP contribution in [0.2, 0.25) is 10.0 Å². The molecular weight excluding hydrogens is 359 g/mol. The highest BCUT2D eigenvalue weighted by molar-refractivity contribution is 6.44. The molecule has 1 N–H and O–H groups in total. The molecule has 0 aliphatic carbocycles. The number of rotatable bonds is 4. The molecule has 0 bridgehead atoms. The number of nitrogens with zero attached hydrogens (tertiary/aromatic N) is 1. The predicted molar refractivity (Wildman–Crippen MR) is 99.9 cm³/mol. The van der Waals surface area contributed by atoms with Gasteiger partial charge >= 0.3 is 0 Å². The van der Waals surface area contributed by atoms with Crippen LogP contribution in [0.3, 0.4) is 0 Å². The maximum atomic E-state index is 12.6. The highest BCUT2D eigenvalue weighted by Crippen LogP contribution is 2.35. The van der Waals surface area contributed by atoms with E-state index < -0.39 is 5.92 Å². The van der Waals surface area contributed by atoms with Crippen molar-refractivity contribution in [2.75, 3.05) is 11.4 Å². The van der Waals surface area contributed by atoms with Crippen molar-refractivity contribution in [2.45, 2.75) is 19.4 Å². The third-order valence-corrected chi connectivity index (χ3v) is 5.19. The first-order valence-corrected chi connectivity index (χ1v) is 8.82. The molecule has 0 radical (unpaired) electrons. The molecule has 2 amide bonds. The minimum Gasteiger partial charge on any atom is -0.349 e. The van der Waals surface area contributed by atoms with Gasteiger partial charge in [-0.2, -0.15) is 0 Å². The van der Waals surface area contributed by atoms with Crippen LogP contribution >= 0.6 is 23.2 Å². The highest BCUT2D eigenvalue weighted by atomic mass is 35.5. The van der Waals surface area contributed by atoms with Crippen LogP contribution in [0.15, 0.2) is 48.5 Å². The molecular formula is C19H18Cl2N2O2. The van der Waals surface area contributed by atoms with E-state index >= 15 is 0 Å². The third-order valence-electron chi connectivity index (χ3n) is 4.38. The number of nitrogens with one attached hydrogen (secondary N) is 1. The summed E-state index contributed by atoms with van der Waals surface area (Å²) in [7, 11) is 0. The number of benzene rings is 2. The maximum Gasteiger partial charge on any atom is 0.227 e. The van der Waals surface area contributed by atoms with Crippen LogP contribution in [-0.4, -0.2) is 18.4 Å². The van der Waals surface area contributed by atoms with Gasteiger partial charge in [0.25, 0.3) is 0 Å². The summed E-state index contributed by atoms with van der Waals surface area (Å²) in [4.78, 5) is 26.4. The van der Waals surface area contributed by atoms with Gasteiger partial charge in [-0.25, -0.2) is 0 Å². The van der Waals surface area contributed by atoms with Gasteiger partial charge in [-0.05, 0) is 24.6 Å². The number of carbonyl (C=O) groups is 2. The van der Waals surface area contributed by atoms with Gasteiger partial charge in [-0.3, -0.25) is 9.59 Å². The van der Waals surface area contributed by atoms with E-state index in [1.807, 2.05) is 37.3 Å². The van der Waals surface area contributed by atoms with Crippen molar-refractivity contribution in [3.63, 3.8) is 0 Å². The topological polar surface area (TPSA) is 49.4 Å². The summed E-state index contributed by atoms with van der Waals surface area (Å²) in [6.07, 6.45) is 0.163. The van der Waals surface area contributed by atoms with E-state index in [4.69, 9.17) is 23.2 Å². The molecule has 0 aromatic heterocycles. The SMILES string of the molecule is CC(NC(=O)C1CC(=O)N(c2cccc(Cl)c2Cl)C1)c1ccccc1. The summed E-state index contributed by atoms with van der Waals surface area (Å²) in [5.74, 6) is -0.671. The van der Waals surface area contributed by atoms with Crippen LogP contribution in [0.5, 0.6) is 0 Å². The van der Waals surface area contributed by atoms with E-state index in [9.17, 15) is 9.59 Å². The summed E-state index contributed by atoms with van der Waals surface area (Å²) in [5, 5.41) is 3.70. The molecule has 0 saturated carbocycles. The molecule has 2 unspecified atom stereocenters. The van der Waals surface area contributed by atoms with E-state index in [0.717, 1.165) is 5.56 Å². The lowest BCUT2D eigenvalue weighted by atomic mass is 10.1. The minimum atomic E-state index is -0.409. The van der Waals surface area contributed by atoms with E-state index in [0.29, 0.717) is 22.3 Å². The molecule has 1 aliphatic rings. The summed E-state index contributed by atoms with van der Waals surface area (Å²) in [6, 6.07) is 14.7. The fraction of sp³-hybridized carbons (Fsp3) is 0.263. The van der Waals surface area contributed by atoms with Gasteiger partial charge in [0.05, 0.1) is 27.7 Å². The molecule has 25 heavy (non-hydrogen) atoms. The number of hydrogen-bond acceptors (Lipinski definition) is 2. The maximum absolute atomic E-state index is 12.6. The Bertz CT molecular complexity index is 795. The fourth-order valence-corrected chi connectivity index (χ4v) is 3.37. The van der Waals surface area contributed by atoms with Crippen LogP contribution in [0, 0.1) is 5.92 Å². The summed E-state index contributed by atoms with van der Waals surface area (Å²) in [5.41, 5.74) is 1.57. The zero-order valence-corrected chi connectivity index (χ0v) is 15.2. The van der Waals surface area contributed by atoms with E-state index in [-0.39, 0.29) is 24.3 Å². The van der Waals surface area contributed by atoms with E-state index in [1.54, 1.807) is 18.2 Å². The Morgan fingerprint density at radius 1 is 1.16 bits per heavy atom. The Labute approximate surface area is 156 Å². The van der Waals surface area contributed by atoms with Crippen molar-refractivity contribution in [1.29, 1.82) is 0 Å². The summed E-state index contributed by atoms with van der Waals surface area (Å²) in [6.45, 7) is 2.22. The quantitative estimate of drug-likeness (QED) is 0.867. The highest BCUT2D eigenvalue weighted by Gasteiger charge is 2.36. The zero-order chi connectivity index (χ0) is 18.0. The Kier molecular flexibility index (Phi) is 5.30. The lowest BCUT2D eigenvalue weighted by Gasteiger charge is -2.20. The van der Waals surface area contributed by atoms with Crippen molar-refractivity contribution in [2.24, 2.45) is 5.92 Å². The predicted octanol–water partition coefficient (Wildman–Crippen LogP) is 4.22. The normalized spacial score (nSPS) is 18.3. The average molecular weight is 377 g/mol. The smallest absolute Gasteiger partial charge is 0.227 e. The summed E-state index contributed by atoms with van der Waals surface area (Å²) < 4.78 is 0. The molecule has 6 heteroatoms. The van der Waals surface area contributed by atoms with E-state index in [2.05, 4.69) is 5.32 Å². The number of anilines is 1. The van der Waals surface area contributed by atoms with E-state index in [1.165, 1.54) is 4.90 Å². The van der Waals surface area contributed by atoms with Crippen LogP contribution in [0.4, 0.5) is 5.69 Å². The monoisotopic (exact) mass is 376 g/mol. The molecule has 4 nitrogen and oxygen atoms in total. The van der Waals surface area contributed by atoms with Crippen LogP contribution in [-0.2, 0) is 9.59 Å². The molecule has 2 aromatic rings. The molecule has 2 aromatic carbocycles. The second-order valence-electron chi connectivity index (χ2n) is 6.12. The van der Waals surface area contributed by atoms with Crippen LogP contribution < -0.4 is 10.2 Å². The summed E-state index contributed by atoms with van der Waals surface area (Å²) >= 11 is 12.2. The van der Waals surface area contributed by atoms with Crippen LogP contribution in [0.25, 0.3) is 0 Å². The van der Waals surface area contributed by atoms with Crippen molar-refractivity contribution >= 4 is 40.7 Å². The second kappa shape index (κ2) is 7.46. The molecule has 1 aliphatic heterocycles. The van der Waals surface area contributed by atoms with Gasteiger partial charge in [0.15, 0.2) is 0 Å². The fourth-order valence-electron chi connectivity index (χ4n) is 2.97. The lowest BCUT2D eigenvalue weighted by molar-refractivity contribution is -0.126. The first-order chi connectivity index (χ1) is 12.0. The Hall–Kier alpha value is -2.04. The molecule has 130 valence electrons.